The summed E-state index contributed by atoms with van der Waals surface area (Å²) in [6.45, 7) is 0. The Morgan fingerprint density at radius 3 is 2.57 bits per heavy atom. The molecule has 0 saturated heterocycles. The lowest BCUT2D eigenvalue weighted by Gasteiger charge is -2.08. The third-order valence-electron chi connectivity index (χ3n) is 3.31. The van der Waals surface area contributed by atoms with Crippen LogP contribution in [0.5, 0.6) is 17.4 Å². The van der Waals surface area contributed by atoms with E-state index in [-0.39, 0.29) is 33.8 Å². The van der Waals surface area contributed by atoms with Gasteiger partial charge in [-0.25, -0.2) is 13.4 Å². The van der Waals surface area contributed by atoms with Crippen molar-refractivity contribution in [2.75, 3.05) is 0 Å². The number of halogens is 2. The molecule has 0 amide bonds. The smallest absolute Gasteiger partial charge is 0.238 e. The number of hydrogen-bond acceptors (Lipinski definition) is 8. The number of pyridine rings is 1. The van der Waals surface area contributed by atoms with E-state index in [0.717, 1.165) is 12.1 Å². The van der Waals surface area contributed by atoms with E-state index in [4.69, 9.17) is 27.9 Å². The van der Waals surface area contributed by atoms with Crippen molar-refractivity contribution in [1.82, 2.24) is 4.98 Å². The van der Waals surface area contributed by atoms with Crippen molar-refractivity contribution in [2.45, 2.75) is 4.90 Å². The van der Waals surface area contributed by atoms with Crippen molar-refractivity contribution < 1.29 is 22.8 Å². The second kappa shape index (κ2) is 8.11. The number of aromatic hydroxyl groups is 1. The number of azo groups is 1. The molecule has 0 aliphatic heterocycles. The zero-order valence-corrected chi connectivity index (χ0v) is 16.1. The van der Waals surface area contributed by atoms with Gasteiger partial charge in [-0.3, -0.25) is 0 Å². The molecular formula is C17H10Cl2N3O5S-. The summed E-state index contributed by atoms with van der Waals surface area (Å²) in [4.78, 5) is 3.53. The highest BCUT2D eigenvalue weighted by Gasteiger charge is 2.09. The predicted octanol–water partition coefficient (Wildman–Crippen LogP) is 5.21. The van der Waals surface area contributed by atoms with Gasteiger partial charge >= 0.3 is 0 Å². The minimum atomic E-state index is -4.61. The van der Waals surface area contributed by atoms with Gasteiger partial charge in [-0.1, -0.05) is 29.3 Å². The molecule has 0 saturated carbocycles. The fourth-order valence-corrected chi connectivity index (χ4v) is 2.98. The summed E-state index contributed by atoms with van der Waals surface area (Å²) in [6, 6.07) is 10.7. The highest BCUT2D eigenvalue weighted by molar-refractivity contribution is 7.85. The monoisotopic (exact) mass is 438 g/mol. The Hall–Kier alpha value is -2.72. The van der Waals surface area contributed by atoms with Gasteiger partial charge in [0.2, 0.25) is 5.88 Å². The van der Waals surface area contributed by atoms with Crippen LogP contribution in [-0.2, 0) is 10.1 Å². The standard InChI is InChI=1S/C17H11Cl2N3O5S/c18-10-6-14(19)17(20-9-10)27-12-4-5-16(23)15(8-12)22-21-11-2-1-3-13(7-11)28(24,25)26/h1-9,23H,(H,24,25,26)/p-1. The van der Waals surface area contributed by atoms with Crippen LogP contribution in [0.15, 0.2) is 69.9 Å². The number of benzene rings is 2. The Bertz CT molecular complexity index is 1170. The fourth-order valence-electron chi connectivity index (χ4n) is 2.05. The average molecular weight is 439 g/mol. The quantitative estimate of drug-likeness (QED) is 0.430. The van der Waals surface area contributed by atoms with Crippen molar-refractivity contribution in [3.63, 3.8) is 0 Å². The molecule has 28 heavy (non-hydrogen) atoms. The van der Waals surface area contributed by atoms with Crippen molar-refractivity contribution in [3.05, 3.63) is 64.8 Å². The Morgan fingerprint density at radius 2 is 1.86 bits per heavy atom. The molecule has 0 fully saturated rings. The summed E-state index contributed by atoms with van der Waals surface area (Å²) < 4.78 is 38.8. The SMILES string of the molecule is O=S(=O)([O-])c1cccc(N=Nc2cc(Oc3ncc(Cl)cc3Cl)ccc2O)c1. The summed E-state index contributed by atoms with van der Waals surface area (Å²) >= 11 is 11.8. The number of phenolic OH excluding ortho intramolecular Hbond substituents is 1. The molecule has 0 atom stereocenters. The molecule has 1 aromatic heterocycles. The van der Waals surface area contributed by atoms with Gasteiger partial charge in [0.05, 0.1) is 15.6 Å². The van der Waals surface area contributed by atoms with Crippen molar-refractivity contribution >= 4 is 44.7 Å². The van der Waals surface area contributed by atoms with Crippen molar-refractivity contribution in [1.29, 1.82) is 0 Å². The van der Waals surface area contributed by atoms with E-state index in [1.54, 1.807) is 0 Å². The fraction of sp³-hybridized carbons (Fsp3) is 0. The van der Waals surface area contributed by atoms with E-state index < -0.39 is 15.0 Å². The van der Waals surface area contributed by atoms with E-state index in [2.05, 4.69) is 15.2 Å². The zero-order valence-electron chi connectivity index (χ0n) is 13.8. The summed E-state index contributed by atoms with van der Waals surface area (Å²) in [5.41, 5.74) is 0.156. The van der Waals surface area contributed by atoms with Crippen LogP contribution in [0.4, 0.5) is 11.4 Å². The minimum absolute atomic E-state index is 0.0398. The highest BCUT2D eigenvalue weighted by atomic mass is 35.5. The first-order valence-corrected chi connectivity index (χ1v) is 9.68. The van der Waals surface area contributed by atoms with Crippen LogP contribution in [0.3, 0.4) is 0 Å². The number of aromatic nitrogens is 1. The molecule has 0 bridgehead atoms. The van der Waals surface area contributed by atoms with Gasteiger partial charge in [0.15, 0.2) is 0 Å². The third-order valence-corrected chi connectivity index (χ3v) is 4.62. The van der Waals surface area contributed by atoms with Crippen LogP contribution in [-0.4, -0.2) is 23.1 Å². The van der Waals surface area contributed by atoms with Crippen LogP contribution in [0.1, 0.15) is 0 Å². The van der Waals surface area contributed by atoms with Crippen molar-refractivity contribution in [3.8, 4) is 17.4 Å². The van der Waals surface area contributed by atoms with Crippen LogP contribution in [0, 0.1) is 0 Å². The summed E-state index contributed by atoms with van der Waals surface area (Å²) in [5, 5.41) is 18.2. The van der Waals surface area contributed by atoms with Gasteiger partial charge < -0.3 is 14.4 Å². The van der Waals surface area contributed by atoms with Gasteiger partial charge in [0.25, 0.3) is 0 Å². The van der Waals surface area contributed by atoms with Crippen LogP contribution < -0.4 is 4.74 Å². The van der Waals surface area contributed by atoms with Gasteiger partial charge in [-0.15, -0.1) is 5.11 Å². The molecule has 1 N–H and O–H groups in total. The average Bonchev–Trinajstić information content (AvgIpc) is 2.64. The number of ether oxygens (including phenoxy) is 1. The van der Waals surface area contributed by atoms with E-state index >= 15 is 0 Å². The van der Waals surface area contributed by atoms with Crippen LogP contribution in [0.25, 0.3) is 0 Å². The second-order valence-electron chi connectivity index (χ2n) is 5.34. The third kappa shape index (κ3) is 4.96. The molecule has 11 heteroatoms. The van der Waals surface area contributed by atoms with Gasteiger partial charge in [-0.05, 0) is 36.4 Å². The molecule has 3 rings (SSSR count). The normalized spacial score (nSPS) is 11.7. The summed E-state index contributed by atoms with van der Waals surface area (Å²) in [5.74, 6) is 0.172. The lowest BCUT2D eigenvalue weighted by atomic mass is 10.3. The number of rotatable bonds is 5. The number of phenols is 1. The Balaban J connectivity index is 1.87. The van der Waals surface area contributed by atoms with E-state index in [0.29, 0.717) is 5.02 Å². The largest absolute Gasteiger partial charge is 0.744 e. The van der Waals surface area contributed by atoms with Crippen molar-refractivity contribution in [2.24, 2.45) is 10.2 Å². The molecular weight excluding hydrogens is 429 g/mol. The van der Waals surface area contributed by atoms with E-state index in [1.807, 2.05) is 0 Å². The second-order valence-corrected chi connectivity index (χ2v) is 7.57. The van der Waals surface area contributed by atoms with Crippen LogP contribution >= 0.6 is 23.2 Å². The molecule has 2 aromatic carbocycles. The lowest BCUT2D eigenvalue weighted by Crippen LogP contribution is -1.97. The van der Waals surface area contributed by atoms with Gasteiger partial charge in [0.1, 0.15) is 32.3 Å². The predicted molar refractivity (Wildman–Crippen MR) is 101 cm³/mol. The maximum atomic E-state index is 11.1. The zero-order chi connectivity index (χ0) is 20.3. The molecule has 0 unspecified atom stereocenters. The summed E-state index contributed by atoms with van der Waals surface area (Å²) in [7, 11) is -4.61. The Kier molecular flexibility index (Phi) is 5.80. The molecule has 3 aromatic rings. The maximum Gasteiger partial charge on any atom is 0.238 e. The topological polar surface area (TPSA) is 124 Å². The molecule has 0 aliphatic rings. The van der Waals surface area contributed by atoms with Gasteiger partial charge in [-0.2, -0.15) is 5.11 Å². The highest BCUT2D eigenvalue weighted by Crippen LogP contribution is 2.35. The molecule has 0 radical (unpaired) electrons. The first-order valence-electron chi connectivity index (χ1n) is 7.52. The lowest BCUT2D eigenvalue weighted by molar-refractivity contribution is 0.455. The first-order chi connectivity index (χ1) is 13.2. The number of nitrogens with zero attached hydrogens (tertiary/aromatic N) is 3. The minimum Gasteiger partial charge on any atom is -0.744 e. The summed E-state index contributed by atoms with van der Waals surface area (Å²) in [6.07, 6.45) is 1.36. The maximum absolute atomic E-state index is 11.1. The molecule has 144 valence electrons. The van der Waals surface area contributed by atoms with E-state index in [1.165, 1.54) is 42.6 Å². The molecule has 8 nitrogen and oxygen atoms in total. The molecule has 0 aliphatic carbocycles. The Labute approximate surface area is 169 Å². The molecule has 0 spiro atoms. The first kappa shape index (κ1) is 20.0. The number of hydrogen-bond donors (Lipinski definition) is 1. The van der Waals surface area contributed by atoms with E-state index in [9.17, 15) is 18.1 Å². The Morgan fingerprint density at radius 1 is 1.07 bits per heavy atom. The molecule has 1 heterocycles. The van der Waals surface area contributed by atoms with Gasteiger partial charge in [0, 0.05) is 12.3 Å². The van der Waals surface area contributed by atoms with Crippen LogP contribution in [0.2, 0.25) is 10.0 Å².